The average molecular weight is 186 g/mol. The van der Waals surface area contributed by atoms with Gasteiger partial charge in [-0.15, -0.1) is 0 Å². The summed E-state index contributed by atoms with van der Waals surface area (Å²) in [6, 6.07) is 0. The van der Waals surface area contributed by atoms with Gasteiger partial charge in [-0.2, -0.15) is 0 Å². The molecule has 0 saturated heterocycles. The molecule has 0 rings (SSSR count). The molecule has 3 nitrogen and oxygen atoms in total. The van der Waals surface area contributed by atoms with Crippen LogP contribution in [0.2, 0.25) is 0 Å². The Morgan fingerprint density at radius 2 is 1.92 bits per heavy atom. The van der Waals surface area contributed by atoms with Gasteiger partial charge in [0.1, 0.15) is 5.76 Å². The molecule has 13 heavy (non-hydrogen) atoms. The molecule has 0 aliphatic heterocycles. The Hall–Kier alpha value is -0.990. The maximum atomic E-state index is 11.4. The lowest BCUT2D eigenvalue weighted by Gasteiger charge is -2.09. The van der Waals surface area contributed by atoms with Crippen molar-refractivity contribution in [2.24, 2.45) is 0 Å². The molecule has 0 N–H and O–H groups in total. The lowest BCUT2D eigenvalue weighted by molar-refractivity contribution is -0.139. The number of allylic oxidation sites excluding steroid dienone is 1. The Morgan fingerprint density at radius 1 is 1.31 bits per heavy atom. The van der Waals surface area contributed by atoms with Crippen LogP contribution in [0, 0.1) is 0 Å². The van der Waals surface area contributed by atoms with Crippen LogP contribution in [0.25, 0.3) is 0 Å². The predicted octanol–water partition coefficient (Wildman–Crippen LogP) is 2.27. The van der Waals surface area contributed by atoms with Gasteiger partial charge in [0.2, 0.25) is 0 Å². The third-order valence-electron chi connectivity index (χ3n) is 1.75. The van der Waals surface area contributed by atoms with Crippen LogP contribution in [0.15, 0.2) is 11.3 Å². The molecule has 0 heterocycles. The number of carbonyl (C=O) groups is 1. The van der Waals surface area contributed by atoms with Gasteiger partial charge in [0.15, 0.2) is 0 Å². The van der Waals surface area contributed by atoms with Crippen molar-refractivity contribution in [3.05, 3.63) is 11.3 Å². The highest BCUT2D eigenvalue weighted by Crippen LogP contribution is 2.13. The molecule has 0 aromatic heterocycles. The third-order valence-corrected chi connectivity index (χ3v) is 1.75. The molecular formula is C10H18O3. The molecule has 0 fully saturated rings. The van der Waals surface area contributed by atoms with Crippen LogP contribution in [0.5, 0.6) is 0 Å². The van der Waals surface area contributed by atoms with Crippen molar-refractivity contribution in [2.45, 2.75) is 33.6 Å². The Morgan fingerprint density at radius 3 is 2.31 bits per heavy atom. The molecule has 76 valence electrons. The molecule has 0 spiro atoms. The predicted molar refractivity (Wildman–Crippen MR) is 51.3 cm³/mol. The molecule has 0 saturated carbocycles. The number of ether oxygens (including phenoxy) is 2. The van der Waals surface area contributed by atoms with E-state index in [0.29, 0.717) is 24.4 Å². The van der Waals surface area contributed by atoms with Crippen LogP contribution < -0.4 is 0 Å². The van der Waals surface area contributed by atoms with Crippen molar-refractivity contribution < 1.29 is 14.3 Å². The number of carbonyl (C=O) groups excluding carboxylic acids is 1. The van der Waals surface area contributed by atoms with Crippen LogP contribution in [-0.4, -0.2) is 19.7 Å². The molecular weight excluding hydrogens is 168 g/mol. The Labute approximate surface area is 79.7 Å². The number of esters is 1. The highest BCUT2D eigenvalue weighted by Gasteiger charge is 2.13. The standard InChI is InChI=1S/C10H18O3/c1-5-7-9(8(3)12-4)10(11)13-6-2/h5-7H2,1-4H3/b9-8-. The van der Waals surface area contributed by atoms with Gasteiger partial charge < -0.3 is 9.47 Å². The molecule has 0 aliphatic rings. The SMILES string of the molecule is CCC/C(C(=O)OCC)=C(\C)OC. The minimum absolute atomic E-state index is 0.260. The maximum absolute atomic E-state index is 11.4. The summed E-state index contributed by atoms with van der Waals surface area (Å²) in [5.41, 5.74) is 0.645. The minimum atomic E-state index is -0.260. The first-order valence-electron chi connectivity index (χ1n) is 4.58. The van der Waals surface area contributed by atoms with E-state index in [1.54, 1.807) is 21.0 Å². The molecule has 0 amide bonds. The van der Waals surface area contributed by atoms with E-state index in [0.717, 1.165) is 6.42 Å². The highest BCUT2D eigenvalue weighted by atomic mass is 16.5. The fraction of sp³-hybridized carbons (Fsp3) is 0.700. The molecule has 0 unspecified atom stereocenters. The quantitative estimate of drug-likeness (QED) is 0.375. The number of hydrogen-bond donors (Lipinski definition) is 0. The topological polar surface area (TPSA) is 35.5 Å². The zero-order valence-electron chi connectivity index (χ0n) is 8.85. The van der Waals surface area contributed by atoms with Crippen molar-refractivity contribution in [3.63, 3.8) is 0 Å². The molecule has 0 aliphatic carbocycles. The summed E-state index contributed by atoms with van der Waals surface area (Å²) in [5, 5.41) is 0. The van der Waals surface area contributed by atoms with E-state index in [9.17, 15) is 4.79 Å². The summed E-state index contributed by atoms with van der Waals surface area (Å²) >= 11 is 0. The molecule has 0 aromatic carbocycles. The number of hydrogen-bond acceptors (Lipinski definition) is 3. The normalized spacial score (nSPS) is 12.0. The van der Waals surface area contributed by atoms with Gasteiger partial charge in [0.25, 0.3) is 0 Å². The Kier molecular flexibility index (Phi) is 6.02. The van der Waals surface area contributed by atoms with E-state index >= 15 is 0 Å². The fourth-order valence-electron chi connectivity index (χ4n) is 1.01. The summed E-state index contributed by atoms with van der Waals surface area (Å²) in [4.78, 5) is 11.4. The third kappa shape index (κ3) is 3.97. The van der Waals surface area contributed by atoms with Crippen LogP contribution in [0.1, 0.15) is 33.6 Å². The maximum Gasteiger partial charge on any atom is 0.337 e. The van der Waals surface area contributed by atoms with E-state index in [1.165, 1.54) is 0 Å². The van der Waals surface area contributed by atoms with E-state index in [4.69, 9.17) is 9.47 Å². The first-order valence-corrected chi connectivity index (χ1v) is 4.58. The lowest BCUT2D eigenvalue weighted by Crippen LogP contribution is -2.10. The summed E-state index contributed by atoms with van der Waals surface area (Å²) in [6.07, 6.45) is 1.62. The largest absolute Gasteiger partial charge is 0.501 e. The second-order valence-electron chi connectivity index (χ2n) is 2.71. The monoisotopic (exact) mass is 186 g/mol. The van der Waals surface area contributed by atoms with Gasteiger partial charge in [-0.3, -0.25) is 0 Å². The Balaban J connectivity index is 4.50. The van der Waals surface area contributed by atoms with Crippen molar-refractivity contribution in [1.29, 1.82) is 0 Å². The minimum Gasteiger partial charge on any atom is -0.501 e. The summed E-state index contributed by atoms with van der Waals surface area (Å²) in [6.45, 7) is 6.00. The van der Waals surface area contributed by atoms with Crippen LogP contribution in [0.4, 0.5) is 0 Å². The number of methoxy groups -OCH3 is 1. The van der Waals surface area contributed by atoms with E-state index < -0.39 is 0 Å². The molecule has 0 atom stereocenters. The van der Waals surface area contributed by atoms with E-state index in [2.05, 4.69) is 0 Å². The van der Waals surface area contributed by atoms with E-state index in [1.807, 2.05) is 6.92 Å². The van der Waals surface area contributed by atoms with Crippen molar-refractivity contribution in [2.75, 3.05) is 13.7 Å². The van der Waals surface area contributed by atoms with E-state index in [-0.39, 0.29) is 5.97 Å². The summed E-state index contributed by atoms with van der Waals surface area (Å²) in [5.74, 6) is 0.393. The van der Waals surface area contributed by atoms with Crippen LogP contribution >= 0.6 is 0 Å². The fourth-order valence-corrected chi connectivity index (χ4v) is 1.01. The first-order chi connectivity index (χ1) is 6.17. The van der Waals surface area contributed by atoms with Crippen molar-refractivity contribution in [3.8, 4) is 0 Å². The zero-order chi connectivity index (χ0) is 10.3. The molecule has 0 radical (unpaired) electrons. The van der Waals surface area contributed by atoms with Gasteiger partial charge in [0, 0.05) is 0 Å². The molecule has 3 heteroatoms. The average Bonchev–Trinajstić information content (AvgIpc) is 2.13. The van der Waals surface area contributed by atoms with Gasteiger partial charge in [0.05, 0.1) is 19.3 Å². The summed E-state index contributed by atoms with van der Waals surface area (Å²) in [7, 11) is 1.56. The van der Waals surface area contributed by atoms with Gasteiger partial charge in [-0.05, 0) is 20.3 Å². The highest BCUT2D eigenvalue weighted by molar-refractivity contribution is 5.88. The molecule has 0 bridgehead atoms. The Bertz CT molecular complexity index is 194. The molecule has 0 aromatic rings. The van der Waals surface area contributed by atoms with Crippen molar-refractivity contribution >= 4 is 5.97 Å². The first kappa shape index (κ1) is 12.0. The smallest absolute Gasteiger partial charge is 0.337 e. The zero-order valence-corrected chi connectivity index (χ0v) is 8.85. The van der Waals surface area contributed by atoms with Gasteiger partial charge >= 0.3 is 5.97 Å². The second-order valence-corrected chi connectivity index (χ2v) is 2.71. The summed E-state index contributed by atoms with van der Waals surface area (Å²) < 4.78 is 9.91. The van der Waals surface area contributed by atoms with Gasteiger partial charge in [-0.1, -0.05) is 13.3 Å². The lowest BCUT2D eigenvalue weighted by atomic mass is 10.1. The number of rotatable bonds is 5. The van der Waals surface area contributed by atoms with Crippen LogP contribution in [0.3, 0.4) is 0 Å². The second kappa shape index (κ2) is 6.52. The van der Waals surface area contributed by atoms with Crippen molar-refractivity contribution in [1.82, 2.24) is 0 Å². The van der Waals surface area contributed by atoms with Crippen LogP contribution in [-0.2, 0) is 14.3 Å². The van der Waals surface area contributed by atoms with Gasteiger partial charge in [-0.25, -0.2) is 4.79 Å².